The Bertz CT molecular complexity index is 517. The Labute approximate surface area is 168 Å². The van der Waals surface area contributed by atoms with Crippen molar-refractivity contribution in [1.82, 2.24) is 15.1 Å². The Kier molecular flexibility index (Phi) is 9.76. The molecule has 0 atom stereocenters. The molecular formula is C17H29ClIN5. The maximum absolute atomic E-state index is 6.09. The summed E-state index contributed by atoms with van der Waals surface area (Å²) >= 11 is 6.09. The summed E-state index contributed by atoms with van der Waals surface area (Å²) in [4.78, 5) is 11.4. The maximum atomic E-state index is 6.09. The van der Waals surface area contributed by atoms with Gasteiger partial charge in [-0.05, 0) is 31.8 Å². The molecular weight excluding hydrogens is 437 g/mol. The van der Waals surface area contributed by atoms with Gasteiger partial charge in [0.1, 0.15) is 0 Å². The number of nitrogens with one attached hydrogen (secondary N) is 1. The number of benzene rings is 1. The van der Waals surface area contributed by atoms with Crippen LogP contribution in [0.1, 0.15) is 6.92 Å². The fourth-order valence-corrected chi connectivity index (χ4v) is 2.88. The third kappa shape index (κ3) is 6.29. The monoisotopic (exact) mass is 465 g/mol. The van der Waals surface area contributed by atoms with Crippen molar-refractivity contribution in [2.24, 2.45) is 4.99 Å². The van der Waals surface area contributed by atoms with Gasteiger partial charge in [-0.1, -0.05) is 24.6 Å². The van der Waals surface area contributed by atoms with Gasteiger partial charge in [0, 0.05) is 57.0 Å². The molecule has 0 radical (unpaired) electrons. The molecule has 2 rings (SSSR count). The van der Waals surface area contributed by atoms with Gasteiger partial charge in [-0.3, -0.25) is 4.99 Å². The summed E-state index contributed by atoms with van der Waals surface area (Å²) in [7, 11) is 3.99. The Balaban J connectivity index is 0.00000288. The highest BCUT2D eigenvalue weighted by atomic mass is 127. The number of halogens is 2. The largest absolute Gasteiger partial charge is 0.368 e. The summed E-state index contributed by atoms with van der Waals surface area (Å²) < 4.78 is 0. The average molecular weight is 466 g/mol. The highest BCUT2D eigenvalue weighted by molar-refractivity contribution is 14.0. The highest BCUT2D eigenvalue weighted by Gasteiger charge is 2.19. The number of piperazine rings is 1. The minimum atomic E-state index is 0. The standard InChI is InChI=1S/C17H28ClN5.HI/c1-4-21(3)9-8-20-17(19-2)23-12-10-22(11-13-23)16-7-5-6-15(18)14-16;/h5-7,14H,4,8-13H2,1-3H3,(H,19,20);1H. The minimum Gasteiger partial charge on any atom is -0.368 e. The first-order chi connectivity index (χ1) is 11.1. The molecule has 0 amide bonds. The molecule has 1 aliphatic rings. The molecule has 1 aromatic rings. The summed E-state index contributed by atoms with van der Waals surface area (Å²) in [6.07, 6.45) is 0. The summed E-state index contributed by atoms with van der Waals surface area (Å²) in [5, 5.41) is 4.26. The molecule has 5 nitrogen and oxygen atoms in total. The third-order valence-corrected chi connectivity index (χ3v) is 4.52. The van der Waals surface area contributed by atoms with Crippen LogP contribution in [0.2, 0.25) is 5.02 Å². The topological polar surface area (TPSA) is 34.1 Å². The van der Waals surface area contributed by atoms with Crippen LogP contribution >= 0.6 is 35.6 Å². The van der Waals surface area contributed by atoms with E-state index in [1.165, 1.54) is 5.69 Å². The summed E-state index contributed by atoms with van der Waals surface area (Å²) in [6, 6.07) is 8.08. The van der Waals surface area contributed by atoms with E-state index >= 15 is 0 Å². The zero-order valence-corrected chi connectivity index (χ0v) is 17.9. The lowest BCUT2D eigenvalue weighted by Gasteiger charge is -2.37. The van der Waals surface area contributed by atoms with E-state index in [9.17, 15) is 0 Å². The number of nitrogens with zero attached hydrogens (tertiary/aromatic N) is 4. The number of hydrogen-bond donors (Lipinski definition) is 1. The van der Waals surface area contributed by atoms with E-state index in [1.807, 2.05) is 25.2 Å². The van der Waals surface area contributed by atoms with Gasteiger partial charge in [0.2, 0.25) is 0 Å². The van der Waals surface area contributed by atoms with E-state index in [1.54, 1.807) is 0 Å². The van der Waals surface area contributed by atoms with Crippen LogP contribution in [0.15, 0.2) is 29.3 Å². The second kappa shape index (κ2) is 11.0. The second-order valence-electron chi connectivity index (χ2n) is 5.82. The molecule has 0 saturated carbocycles. The van der Waals surface area contributed by atoms with Crippen LogP contribution in [0.5, 0.6) is 0 Å². The average Bonchev–Trinajstić information content (AvgIpc) is 2.59. The Hall–Kier alpha value is -0.730. The van der Waals surface area contributed by atoms with Crippen LogP contribution in [0, 0.1) is 0 Å². The summed E-state index contributed by atoms with van der Waals surface area (Å²) in [5.41, 5.74) is 1.20. The lowest BCUT2D eigenvalue weighted by molar-refractivity contribution is 0.344. The number of hydrogen-bond acceptors (Lipinski definition) is 3. The van der Waals surface area contributed by atoms with E-state index in [0.717, 1.165) is 56.8 Å². The predicted molar refractivity (Wildman–Crippen MR) is 115 cm³/mol. The van der Waals surface area contributed by atoms with Crippen molar-refractivity contribution in [3.63, 3.8) is 0 Å². The van der Waals surface area contributed by atoms with E-state index in [4.69, 9.17) is 11.6 Å². The lowest BCUT2D eigenvalue weighted by Crippen LogP contribution is -2.53. The first-order valence-electron chi connectivity index (χ1n) is 8.28. The van der Waals surface area contributed by atoms with Crippen LogP contribution in [-0.2, 0) is 0 Å². The fraction of sp³-hybridized carbons (Fsp3) is 0.588. The van der Waals surface area contributed by atoms with Crippen LogP contribution in [0.25, 0.3) is 0 Å². The van der Waals surface area contributed by atoms with Crippen molar-refractivity contribution in [2.75, 3.05) is 64.8 Å². The van der Waals surface area contributed by atoms with E-state index in [0.29, 0.717) is 0 Å². The zero-order valence-electron chi connectivity index (χ0n) is 14.8. The molecule has 0 bridgehead atoms. The molecule has 1 fully saturated rings. The number of likely N-dealkylation sites (N-methyl/N-ethyl adjacent to an activating group) is 1. The van der Waals surface area contributed by atoms with E-state index in [2.05, 4.69) is 45.0 Å². The Morgan fingerprint density at radius 3 is 2.58 bits per heavy atom. The molecule has 1 saturated heterocycles. The Morgan fingerprint density at radius 2 is 2.00 bits per heavy atom. The maximum Gasteiger partial charge on any atom is 0.193 e. The molecule has 7 heteroatoms. The van der Waals surface area contributed by atoms with Gasteiger partial charge in [0.25, 0.3) is 0 Å². The molecule has 1 N–H and O–H groups in total. The number of rotatable bonds is 5. The van der Waals surface area contributed by atoms with Gasteiger partial charge in [-0.15, -0.1) is 24.0 Å². The quantitative estimate of drug-likeness (QED) is 0.412. The summed E-state index contributed by atoms with van der Waals surface area (Å²) in [5.74, 6) is 1.00. The molecule has 0 aromatic heterocycles. The molecule has 24 heavy (non-hydrogen) atoms. The van der Waals surface area contributed by atoms with Crippen LogP contribution in [0.4, 0.5) is 5.69 Å². The first-order valence-corrected chi connectivity index (χ1v) is 8.66. The van der Waals surface area contributed by atoms with E-state index < -0.39 is 0 Å². The SMILES string of the molecule is CCN(C)CCNC(=NC)N1CCN(c2cccc(Cl)c2)CC1.I. The van der Waals surface area contributed by atoms with Gasteiger partial charge in [-0.2, -0.15) is 0 Å². The smallest absolute Gasteiger partial charge is 0.193 e. The van der Waals surface area contributed by atoms with Crippen molar-refractivity contribution in [1.29, 1.82) is 0 Å². The normalized spacial score (nSPS) is 15.5. The van der Waals surface area contributed by atoms with Crippen molar-refractivity contribution >= 4 is 47.2 Å². The highest BCUT2D eigenvalue weighted by Crippen LogP contribution is 2.20. The lowest BCUT2D eigenvalue weighted by atomic mass is 10.2. The van der Waals surface area contributed by atoms with Gasteiger partial charge < -0.3 is 20.0 Å². The first kappa shape index (κ1) is 21.3. The van der Waals surface area contributed by atoms with Gasteiger partial charge in [0.15, 0.2) is 5.96 Å². The minimum absolute atomic E-state index is 0. The van der Waals surface area contributed by atoms with Crippen molar-refractivity contribution in [3.05, 3.63) is 29.3 Å². The van der Waals surface area contributed by atoms with Crippen molar-refractivity contribution in [2.45, 2.75) is 6.92 Å². The number of anilines is 1. The summed E-state index contributed by atoms with van der Waals surface area (Å²) in [6.45, 7) is 9.09. The van der Waals surface area contributed by atoms with Gasteiger partial charge >= 0.3 is 0 Å². The van der Waals surface area contributed by atoms with Gasteiger partial charge in [-0.25, -0.2) is 0 Å². The van der Waals surface area contributed by atoms with Crippen molar-refractivity contribution < 1.29 is 0 Å². The molecule has 1 aliphatic heterocycles. The van der Waals surface area contributed by atoms with Crippen LogP contribution in [0.3, 0.4) is 0 Å². The van der Waals surface area contributed by atoms with Crippen LogP contribution < -0.4 is 10.2 Å². The number of aliphatic imine (C=N–C) groups is 1. The van der Waals surface area contributed by atoms with Gasteiger partial charge in [0.05, 0.1) is 0 Å². The third-order valence-electron chi connectivity index (χ3n) is 4.28. The molecule has 1 aromatic carbocycles. The Morgan fingerprint density at radius 1 is 1.29 bits per heavy atom. The molecule has 0 spiro atoms. The second-order valence-corrected chi connectivity index (χ2v) is 6.26. The molecule has 0 unspecified atom stereocenters. The fourth-order valence-electron chi connectivity index (χ4n) is 2.70. The molecule has 0 aliphatic carbocycles. The number of guanidine groups is 1. The molecule has 1 heterocycles. The zero-order chi connectivity index (χ0) is 16.7. The van der Waals surface area contributed by atoms with E-state index in [-0.39, 0.29) is 24.0 Å². The van der Waals surface area contributed by atoms with Crippen LogP contribution in [-0.4, -0.2) is 75.7 Å². The van der Waals surface area contributed by atoms with Crippen molar-refractivity contribution in [3.8, 4) is 0 Å². The molecule has 136 valence electrons. The predicted octanol–water partition coefficient (Wildman–Crippen LogP) is 2.61.